The zero-order valence-corrected chi connectivity index (χ0v) is 8.88. The summed E-state index contributed by atoms with van der Waals surface area (Å²) in [5, 5.41) is 3.59. The van der Waals surface area contributed by atoms with Crippen molar-refractivity contribution in [1.29, 1.82) is 0 Å². The molecule has 2 aliphatic rings. The van der Waals surface area contributed by atoms with Gasteiger partial charge in [-0.3, -0.25) is 0 Å². The fraction of sp³-hybridized carbons (Fsp3) is 0.727. The third kappa shape index (κ3) is 1.05. The van der Waals surface area contributed by atoms with E-state index in [1.165, 1.54) is 43.0 Å². The summed E-state index contributed by atoms with van der Waals surface area (Å²) < 4.78 is 2.27. The Hall–Kier alpha value is -0.830. The van der Waals surface area contributed by atoms with Crippen LogP contribution in [-0.2, 0) is 13.5 Å². The Kier molecular flexibility index (Phi) is 1.71. The van der Waals surface area contributed by atoms with Crippen LogP contribution in [0.4, 0.5) is 0 Å². The van der Waals surface area contributed by atoms with E-state index in [0.717, 1.165) is 5.92 Å². The highest BCUT2D eigenvalue weighted by molar-refractivity contribution is 5.26. The van der Waals surface area contributed by atoms with Crippen molar-refractivity contribution in [3.63, 3.8) is 0 Å². The molecular weight excluding hydrogens is 174 g/mol. The summed E-state index contributed by atoms with van der Waals surface area (Å²) in [6, 6.07) is 0.705. The lowest BCUT2D eigenvalue weighted by Crippen LogP contribution is -2.42. The van der Waals surface area contributed by atoms with E-state index in [4.69, 9.17) is 4.98 Å². The number of aromatic nitrogens is 2. The molecule has 2 bridgehead atoms. The van der Waals surface area contributed by atoms with Crippen molar-refractivity contribution >= 4 is 0 Å². The van der Waals surface area contributed by atoms with E-state index >= 15 is 0 Å². The van der Waals surface area contributed by atoms with Gasteiger partial charge in [-0.15, -0.1) is 0 Å². The van der Waals surface area contributed by atoms with Crippen molar-refractivity contribution in [3.8, 4) is 0 Å². The minimum absolute atomic E-state index is 0.705. The van der Waals surface area contributed by atoms with E-state index in [1.54, 1.807) is 0 Å². The molecule has 2 heterocycles. The van der Waals surface area contributed by atoms with Crippen molar-refractivity contribution in [2.75, 3.05) is 6.54 Å². The minimum atomic E-state index is 0.705. The molecule has 76 valence electrons. The Morgan fingerprint density at radius 3 is 3.21 bits per heavy atom. The largest absolute Gasteiger partial charge is 0.335 e. The number of hydrogen-bond acceptors (Lipinski definition) is 2. The lowest BCUT2D eigenvalue weighted by molar-refractivity contribution is 0.330. The van der Waals surface area contributed by atoms with E-state index in [-0.39, 0.29) is 0 Å². The number of nitrogens with zero attached hydrogens (tertiary/aromatic N) is 2. The van der Waals surface area contributed by atoms with Crippen LogP contribution in [-0.4, -0.2) is 22.1 Å². The van der Waals surface area contributed by atoms with Gasteiger partial charge in [0.05, 0.1) is 5.69 Å². The smallest absolute Gasteiger partial charge is 0.105 e. The van der Waals surface area contributed by atoms with E-state index in [0.29, 0.717) is 6.04 Å². The van der Waals surface area contributed by atoms with Crippen LogP contribution in [0.5, 0.6) is 0 Å². The van der Waals surface area contributed by atoms with Gasteiger partial charge < -0.3 is 9.88 Å². The number of imidazole rings is 1. The summed E-state index contributed by atoms with van der Waals surface area (Å²) in [5.74, 6) is 1.90. The molecule has 2 unspecified atom stereocenters. The lowest BCUT2D eigenvalue weighted by atomic mass is 9.81. The fourth-order valence-electron chi connectivity index (χ4n) is 2.89. The van der Waals surface area contributed by atoms with Gasteiger partial charge in [-0.1, -0.05) is 0 Å². The van der Waals surface area contributed by atoms with Gasteiger partial charge in [-0.05, 0) is 26.3 Å². The molecule has 0 saturated carbocycles. The second kappa shape index (κ2) is 2.83. The molecule has 2 atom stereocenters. The summed E-state index contributed by atoms with van der Waals surface area (Å²) in [7, 11) is 2.14. The second-order valence-electron chi connectivity index (χ2n) is 4.63. The van der Waals surface area contributed by atoms with Gasteiger partial charge in [0.15, 0.2) is 0 Å². The first-order valence-corrected chi connectivity index (χ1v) is 5.51. The Bertz CT molecular complexity index is 367. The van der Waals surface area contributed by atoms with Crippen molar-refractivity contribution in [1.82, 2.24) is 14.9 Å². The SMILES string of the molecule is Cc1nc2c(n1C)CC1CC2CCN1. The van der Waals surface area contributed by atoms with Gasteiger partial charge in [0, 0.05) is 31.1 Å². The van der Waals surface area contributed by atoms with Crippen molar-refractivity contribution < 1.29 is 0 Å². The molecule has 1 aliphatic carbocycles. The Balaban J connectivity index is 2.10. The van der Waals surface area contributed by atoms with Gasteiger partial charge in [0.1, 0.15) is 5.82 Å². The van der Waals surface area contributed by atoms with Crippen LogP contribution in [0.3, 0.4) is 0 Å². The highest BCUT2D eigenvalue weighted by atomic mass is 15.1. The van der Waals surface area contributed by atoms with Crippen LogP contribution >= 0.6 is 0 Å². The average molecular weight is 191 g/mol. The maximum Gasteiger partial charge on any atom is 0.105 e. The molecule has 1 aromatic rings. The fourth-order valence-corrected chi connectivity index (χ4v) is 2.89. The molecule has 14 heavy (non-hydrogen) atoms. The maximum atomic E-state index is 4.71. The Morgan fingerprint density at radius 2 is 2.36 bits per heavy atom. The third-order valence-corrected chi connectivity index (χ3v) is 3.79. The van der Waals surface area contributed by atoms with Crippen LogP contribution in [0.25, 0.3) is 0 Å². The first kappa shape index (κ1) is 8.48. The maximum absolute atomic E-state index is 4.71. The van der Waals surface area contributed by atoms with Crippen LogP contribution in [0.1, 0.15) is 36.0 Å². The highest BCUT2D eigenvalue weighted by Gasteiger charge is 2.33. The van der Waals surface area contributed by atoms with Crippen molar-refractivity contribution in [2.24, 2.45) is 7.05 Å². The van der Waals surface area contributed by atoms with Crippen molar-refractivity contribution in [2.45, 2.75) is 38.1 Å². The number of fused-ring (bicyclic) bond motifs is 4. The molecule has 1 fully saturated rings. The molecule has 3 rings (SSSR count). The molecule has 0 aromatic carbocycles. The predicted molar refractivity (Wildman–Crippen MR) is 55.4 cm³/mol. The van der Waals surface area contributed by atoms with Gasteiger partial charge in [0.25, 0.3) is 0 Å². The summed E-state index contributed by atoms with van der Waals surface area (Å²) in [5.41, 5.74) is 2.86. The molecule has 0 amide bonds. The van der Waals surface area contributed by atoms with E-state index < -0.39 is 0 Å². The molecular formula is C11H17N3. The molecule has 0 radical (unpaired) electrons. The molecule has 1 aromatic heterocycles. The van der Waals surface area contributed by atoms with E-state index in [1.807, 2.05) is 0 Å². The topological polar surface area (TPSA) is 29.9 Å². The average Bonchev–Trinajstić information content (AvgIpc) is 2.46. The van der Waals surface area contributed by atoms with Crippen LogP contribution in [0.2, 0.25) is 0 Å². The number of aryl methyl sites for hydroxylation is 1. The number of nitrogens with one attached hydrogen (secondary N) is 1. The third-order valence-electron chi connectivity index (χ3n) is 3.79. The first-order valence-electron chi connectivity index (χ1n) is 5.51. The number of piperidine rings is 1. The number of hydrogen-bond donors (Lipinski definition) is 1. The van der Waals surface area contributed by atoms with E-state index in [9.17, 15) is 0 Å². The van der Waals surface area contributed by atoms with Gasteiger partial charge in [-0.25, -0.2) is 4.98 Å². The first-order chi connectivity index (χ1) is 6.75. The van der Waals surface area contributed by atoms with Gasteiger partial charge in [0.2, 0.25) is 0 Å². The summed E-state index contributed by atoms with van der Waals surface area (Å²) in [6.07, 6.45) is 3.73. The van der Waals surface area contributed by atoms with E-state index in [2.05, 4.69) is 23.9 Å². The van der Waals surface area contributed by atoms with Gasteiger partial charge >= 0.3 is 0 Å². The predicted octanol–water partition coefficient (Wildman–Crippen LogP) is 1.12. The quantitative estimate of drug-likeness (QED) is 0.666. The zero-order valence-electron chi connectivity index (χ0n) is 8.88. The standard InChI is InChI=1S/C11H17N3/c1-7-13-11-8-3-4-12-9(5-8)6-10(11)14(7)2/h8-9,12H,3-6H2,1-2H3. The molecule has 1 saturated heterocycles. The number of rotatable bonds is 0. The Morgan fingerprint density at radius 1 is 1.50 bits per heavy atom. The molecule has 3 nitrogen and oxygen atoms in total. The molecule has 3 heteroatoms. The molecule has 1 N–H and O–H groups in total. The van der Waals surface area contributed by atoms with Gasteiger partial charge in [-0.2, -0.15) is 0 Å². The zero-order chi connectivity index (χ0) is 9.71. The summed E-state index contributed by atoms with van der Waals surface area (Å²) in [6.45, 7) is 3.28. The summed E-state index contributed by atoms with van der Waals surface area (Å²) in [4.78, 5) is 4.71. The monoisotopic (exact) mass is 191 g/mol. The highest BCUT2D eigenvalue weighted by Crippen LogP contribution is 2.35. The normalized spacial score (nSPS) is 30.1. The summed E-state index contributed by atoms with van der Waals surface area (Å²) >= 11 is 0. The Labute approximate surface area is 84.5 Å². The van der Waals surface area contributed by atoms with Crippen LogP contribution in [0.15, 0.2) is 0 Å². The minimum Gasteiger partial charge on any atom is -0.335 e. The van der Waals surface area contributed by atoms with Crippen LogP contribution in [0, 0.1) is 6.92 Å². The molecule has 0 spiro atoms. The van der Waals surface area contributed by atoms with Crippen molar-refractivity contribution in [3.05, 3.63) is 17.2 Å². The van der Waals surface area contributed by atoms with Crippen LogP contribution < -0.4 is 5.32 Å². The second-order valence-corrected chi connectivity index (χ2v) is 4.63. The molecule has 1 aliphatic heterocycles. The lowest BCUT2D eigenvalue weighted by Gasteiger charge is -2.34.